The van der Waals surface area contributed by atoms with Crippen LogP contribution in [0.15, 0.2) is 66.9 Å². The number of para-hydroxylation sites is 2. The Morgan fingerprint density at radius 3 is 2.38 bits per heavy atom. The predicted octanol–water partition coefficient (Wildman–Crippen LogP) is 2.56. The molecule has 0 saturated carbocycles. The second kappa shape index (κ2) is 9.27. The van der Waals surface area contributed by atoms with Gasteiger partial charge in [0.2, 0.25) is 5.91 Å². The quantitative estimate of drug-likeness (QED) is 0.716. The summed E-state index contributed by atoms with van der Waals surface area (Å²) in [5, 5.41) is 0. The summed E-state index contributed by atoms with van der Waals surface area (Å²) in [5.74, 6) is 0.151. The average Bonchev–Trinajstić information content (AvgIpc) is 2.65. The predicted molar refractivity (Wildman–Crippen MR) is 102 cm³/mol. The van der Waals surface area contributed by atoms with Crippen LogP contribution in [0.5, 0.6) is 5.75 Å². The van der Waals surface area contributed by atoms with Crippen molar-refractivity contribution in [3.8, 4) is 5.75 Å². The fourth-order valence-electron chi connectivity index (χ4n) is 2.20. The molecule has 0 aromatic heterocycles. The maximum absolute atomic E-state index is 12.2. The van der Waals surface area contributed by atoms with E-state index < -0.39 is 0 Å². The van der Waals surface area contributed by atoms with Gasteiger partial charge in [-0.05, 0) is 30.7 Å². The molecule has 6 heteroatoms. The molecule has 0 aliphatic carbocycles. The Hall–Kier alpha value is -3.28. The van der Waals surface area contributed by atoms with Crippen molar-refractivity contribution in [1.82, 2.24) is 10.9 Å². The molecule has 136 valence electrons. The largest absolute Gasteiger partial charge is 0.483 e. The van der Waals surface area contributed by atoms with Crippen LogP contribution in [0.3, 0.4) is 0 Å². The molecule has 0 heterocycles. The van der Waals surface area contributed by atoms with Crippen molar-refractivity contribution in [2.75, 3.05) is 18.6 Å². The Labute approximate surface area is 153 Å². The van der Waals surface area contributed by atoms with Gasteiger partial charge in [0.1, 0.15) is 5.75 Å². The third-order valence-electron chi connectivity index (χ3n) is 3.71. The first-order chi connectivity index (χ1) is 12.5. The Kier molecular flexibility index (Phi) is 6.79. The normalized spacial score (nSPS) is 9.92. The van der Waals surface area contributed by atoms with Crippen molar-refractivity contribution in [3.63, 3.8) is 0 Å². The highest BCUT2D eigenvalue weighted by atomic mass is 16.5. The van der Waals surface area contributed by atoms with Gasteiger partial charge in [-0.3, -0.25) is 15.0 Å². The van der Waals surface area contributed by atoms with Gasteiger partial charge >= 0.3 is 0 Å². The van der Waals surface area contributed by atoms with Crippen LogP contribution in [-0.4, -0.2) is 25.5 Å². The van der Waals surface area contributed by atoms with E-state index in [4.69, 9.17) is 4.74 Å². The molecule has 0 aliphatic heterocycles. The summed E-state index contributed by atoms with van der Waals surface area (Å²) < 4.78 is 5.45. The van der Waals surface area contributed by atoms with Gasteiger partial charge in [0, 0.05) is 18.4 Å². The highest BCUT2D eigenvalue weighted by molar-refractivity contribution is 5.94. The number of anilines is 1. The van der Waals surface area contributed by atoms with Crippen molar-refractivity contribution >= 4 is 17.5 Å². The number of aryl methyl sites for hydroxylation is 1. The molecule has 0 bridgehead atoms. The minimum absolute atomic E-state index is 0.0598. The molecule has 6 nitrogen and oxygen atoms in total. The van der Waals surface area contributed by atoms with Gasteiger partial charge in [0.15, 0.2) is 6.61 Å². The number of carbonyl (C=O) groups is 2. The highest BCUT2D eigenvalue weighted by Gasteiger charge is 2.12. The molecule has 0 atom stereocenters. The Morgan fingerprint density at radius 2 is 1.69 bits per heavy atom. The molecule has 0 spiro atoms. The number of ether oxygens (including phenoxy) is 1. The summed E-state index contributed by atoms with van der Waals surface area (Å²) in [6.07, 6.45) is 0.0598. The maximum atomic E-state index is 12.2. The monoisotopic (exact) mass is 353 g/mol. The number of hydrazine groups is 1. The van der Waals surface area contributed by atoms with Gasteiger partial charge in [0.25, 0.3) is 5.91 Å². The second-order valence-corrected chi connectivity index (χ2v) is 5.80. The molecular weight excluding hydrogens is 330 g/mol. The molecule has 0 saturated heterocycles. The van der Waals surface area contributed by atoms with E-state index in [1.165, 1.54) is 4.90 Å². The van der Waals surface area contributed by atoms with Crippen molar-refractivity contribution in [1.29, 1.82) is 0 Å². The zero-order valence-corrected chi connectivity index (χ0v) is 15.0. The lowest BCUT2D eigenvalue weighted by Gasteiger charge is -2.18. The fourth-order valence-corrected chi connectivity index (χ4v) is 2.20. The lowest BCUT2D eigenvalue weighted by atomic mass is 10.2. The molecule has 2 amide bonds. The van der Waals surface area contributed by atoms with E-state index in [2.05, 4.69) is 17.4 Å². The van der Waals surface area contributed by atoms with E-state index in [1.54, 1.807) is 13.1 Å². The van der Waals surface area contributed by atoms with Crippen LogP contribution >= 0.6 is 0 Å². The third-order valence-corrected chi connectivity index (χ3v) is 3.71. The molecule has 0 fully saturated rings. The standard InChI is InChI=1S/C20H23N3O3/c1-15-9-7-8-12-18(15)26-14-19(24)22-21-16(2)13-20(25)23(3)17-10-5-4-6-11-17/h4-12,21H,2,13-14H2,1,3H3,(H,22,24). The molecule has 0 unspecified atom stereocenters. The highest BCUT2D eigenvalue weighted by Crippen LogP contribution is 2.15. The molecule has 2 rings (SSSR count). The average molecular weight is 353 g/mol. The van der Waals surface area contributed by atoms with Crippen molar-refractivity contribution in [3.05, 3.63) is 72.4 Å². The molecular formula is C20H23N3O3. The van der Waals surface area contributed by atoms with E-state index in [0.29, 0.717) is 11.4 Å². The number of amides is 2. The number of nitrogens with zero attached hydrogens (tertiary/aromatic N) is 1. The molecule has 2 aromatic carbocycles. The number of carbonyl (C=O) groups excluding carboxylic acids is 2. The molecule has 26 heavy (non-hydrogen) atoms. The number of hydrogen-bond acceptors (Lipinski definition) is 4. The summed E-state index contributed by atoms with van der Waals surface area (Å²) in [7, 11) is 1.69. The van der Waals surface area contributed by atoms with Crippen molar-refractivity contribution in [2.45, 2.75) is 13.3 Å². The van der Waals surface area contributed by atoms with Crippen molar-refractivity contribution < 1.29 is 14.3 Å². The van der Waals surface area contributed by atoms with E-state index in [1.807, 2.05) is 55.5 Å². The van der Waals surface area contributed by atoms with Gasteiger partial charge in [0.05, 0.1) is 6.42 Å². The Morgan fingerprint density at radius 1 is 1.04 bits per heavy atom. The Bertz CT molecular complexity index is 775. The smallest absolute Gasteiger partial charge is 0.276 e. The van der Waals surface area contributed by atoms with Gasteiger partial charge < -0.3 is 15.1 Å². The lowest BCUT2D eigenvalue weighted by Crippen LogP contribution is -2.40. The SMILES string of the molecule is C=C(CC(=O)N(C)c1ccccc1)NNC(=O)COc1ccccc1C. The summed E-state index contributed by atoms with van der Waals surface area (Å²) >= 11 is 0. The van der Waals surface area contributed by atoms with Crippen LogP contribution in [0.2, 0.25) is 0 Å². The maximum Gasteiger partial charge on any atom is 0.276 e. The minimum atomic E-state index is -0.363. The number of hydrogen-bond donors (Lipinski definition) is 2. The summed E-state index contributed by atoms with van der Waals surface area (Å²) in [5.41, 5.74) is 7.26. The van der Waals surface area contributed by atoms with E-state index in [-0.39, 0.29) is 24.8 Å². The molecule has 0 radical (unpaired) electrons. The molecule has 2 aromatic rings. The Balaban J connectivity index is 1.73. The fraction of sp³-hybridized carbons (Fsp3) is 0.200. The van der Waals surface area contributed by atoms with Crippen LogP contribution in [0.25, 0.3) is 0 Å². The van der Waals surface area contributed by atoms with E-state index >= 15 is 0 Å². The molecule has 2 N–H and O–H groups in total. The zero-order chi connectivity index (χ0) is 18.9. The third kappa shape index (κ3) is 5.66. The second-order valence-electron chi connectivity index (χ2n) is 5.80. The first-order valence-electron chi connectivity index (χ1n) is 8.20. The minimum Gasteiger partial charge on any atom is -0.483 e. The van der Waals surface area contributed by atoms with Crippen molar-refractivity contribution in [2.24, 2.45) is 0 Å². The number of rotatable bonds is 8. The van der Waals surface area contributed by atoms with Crippen LogP contribution < -0.4 is 20.5 Å². The van der Waals surface area contributed by atoms with Crippen LogP contribution in [0.1, 0.15) is 12.0 Å². The molecule has 0 aliphatic rings. The summed E-state index contributed by atoms with van der Waals surface area (Å²) in [6.45, 7) is 5.53. The lowest BCUT2D eigenvalue weighted by molar-refractivity contribution is -0.124. The summed E-state index contributed by atoms with van der Waals surface area (Å²) in [6, 6.07) is 16.7. The zero-order valence-electron chi connectivity index (χ0n) is 15.0. The topological polar surface area (TPSA) is 70.7 Å². The van der Waals surface area contributed by atoms with Crippen LogP contribution in [0, 0.1) is 6.92 Å². The number of nitrogens with one attached hydrogen (secondary N) is 2. The van der Waals surface area contributed by atoms with E-state index in [0.717, 1.165) is 11.3 Å². The van der Waals surface area contributed by atoms with Gasteiger partial charge in [-0.25, -0.2) is 0 Å². The van der Waals surface area contributed by atoms with Gasteiger partial charge in [-0.2, -0.15) is 0 Å². The van der Waals surface area contributed by atoms with Gasteiger partial charge in [-0.15, -0.1) is 0 Å². The van der Waals surface area contributed by atoms with Gasteiger partial charge in [-0.1, -0.05) is 43.0 Å². The number of benzene rings is 2. The summed E-state index contributed by atoms with van der Waals surface area (Å²) in [4.78, 5) is 25.6. The first kappa shape index (κ1) is 19.1. The van der Waals surface area contributed by atoms with E-state index in [9.17, 15) is 9.59 Å². The van der Waals surface area contributed by atoms with Crippen LogP contribution in [0.4, 0.5) is 5.69 Å². The first-order valence-corrected chi connectivity index (χ1v) is 8.20. The van der Waals surface area contributed by atoms with Crippen LogP contribution in [-0.2, 0) is 9.59 Å².